The minimum atomic E-state index is -0.160. The topological polar surface area (TPSA) is 38.1 Å². The minimum Gasteiger partial charge on any atom is -0.393 e. The third kappa shape index (κ3) is 1.36. The molecule has 1 aliphatic carbocycles. The van der Waals surface area contributed by atoms with E-state index in [0.717, 1.165) is 12.8 Å². The highest BCUT2D eigenvalue weighted by Crippen LogP contribution is 2.49. The van der Waals surface area contributed by atoms with Gasteiger partial charge >= 0.3 is 0 Å². The number of aliphatic hydroxyl groups excluding tert-OH is 1. The van der Waals surface area contributed by atoms with Gasteiger partial charge in [0.1, 0.15) is 0 Å². The van der Waals surface area contributed by atoms with Crippen molar-refractivity contribution in [3.63, 3.8) is 0 Å². The Labute approximate surface area is 110 Å². The molecule has 1 fully saturated rings. The van der Waals surface area contributed by atoms with Crippen molar-refractivity contribution in [1.82, 2.24) is 9.55 Å². The van der Waals surface area contributed by atoms with Crippen LogP contribution in [0.3, 0.4) is 0 Å². The molecule has 2 aromatic heterocycles. The number of fused-ring (bicyclic) bond motifs is 3. The van der Waals surface area contributed by atoms with Crippen LogP contribution in [0.1, 0.15) is 36.6 Å². The van der Waals surface area contributed by atoms with Gasteiger partial charge in [-0.05, 0) is 24.3 Å². The van der Waals surface area contributed by atoms with E-state index < -0.39 is 0 Å². The van der Waals surface area contributed by atoms with Gasteiger partial charge in [-0.15, -0.1) is 11.3 Å². The predicted octanol–water partition coefficient (Wildman–Crippen LogP) is 3.07. The maximum Gasteiger partial charge on any atom is 0.0957 e. The highest BCUT2D eigenvalue weighted by Gasteiger charge is 2.39. The normalized spacial score (nSPS) is 30.2. The van der Waals surface area contributed by atoms with Gasteiger partial charge in [0.05, 0.1) is 30.4 Å². The van der Waals surface area contributed by atoms with Crippen LogP contribution < -0.4 is 0 Å². The predicted molar refractivity (Wildman–Crippen MR) is 71.6 cm³/mol. The summed E-state index contributed by atoms with van der Waals surface area (Å²) >= 11 is 1.82. The molecule has 1 unspecified atom stereocenters. The molecule has 2 aliphatic rings. The lowest BCUT2D eigenvalue weighted by Gasteiger charge is -2.33. The van der Waals surface area contributed by atoms with Gasteiger partial charge in [0.2, 0.25) is 0 Å². The van der Waals surface area contributed by atoms with Crippen molar-refractivity contribution in [1.29, 1.82) is 0 Å². The second-order valence-electron chi connectivity index (χ2n) is 5.35. The molecule has 1 aliphatic heterocycles. The van der Waals surface area contributed by atoms with E-state index in [2.05, 4.69) is 21.0 Å². The fourth-order valence-electron chi connectivity index (χ4n) is 3.53. The summed E-state index contributed by atoms with van der Waals surface area (Å²) in [4.78, 5) is 5.69. The molecule has 3 nitrogen and oxygen atoms in total. The summed E-state index contributed by atoms with van der Waals surface area (Å²) in [5.41, 5.74) is 2.54. The number of imidazole rings is 1. The van der Waals surface area contributed by atoms with E-state index >= 15 is 0 Å². The van der Waals surface area contributed by atoms with Gasteiger partial charge in [-0.1, -0.05) is 12.8 Å². The Morgan fingerprint density at radius 1 is 1.33 bits per heavy atom. The summed E-state index contributed by atoms with van der Waals surface area (Å²) < 4.78 is 2.26. The molecule has 0 bridgehead atoms. The van der Waals surface area contributed by atoms with Crippen LogP contribution >= 0.6 is 11.3 Å². The van der Waals surface area contributed by atoms with Crippen LogP contribution in [0.25, 0.3) is 11.3 Å². The van der Waals surface area contributed by atoms with Crippen molar-refractivity contribution in [3.8, 4) is 11.3 Å². The van der Waals surface area contributed by atoms with Crippen LogP contribution in [0.15, 0.2) is 24.0 Å². The third-order valence-corrected chi connectivity index (χ3v) is 5.38. The zero-order valence-corrected chi connectivity index (χ0v) is 10.9. The quantitative estimate of drug-likeness (QED) is 0.855. The Balaban J connectivity index is 1.82. The van der Waals surface area contributed by atoms with Crippen LogP contribution in [0.5, 0.6) is 0 Å². The van der Waals surface area contributed by atoms with Crippen LogP contribution in [0, 0.1) is 5.92 Å². The number of aliphatic hydroxyl groups is 1. The first-order chi connectivity index (χ1) is 8.86. The summed E-state index contributed by atoms with van der Waals surface area (Å²) in [6, 6.07) is 2.50. The van der Waals surface area contributed by atoms with Crippen molar-refractivity contribution in [3.05, 3.63) is 28.8 Å². The van der Waals surface area contributed by atoms with Gasteiger partial charge < -0.3 is 9.67 Å². The lowest BCUT2D eigenvalue weighted by molar-refractivity contribution is 0.0510. The van der Waals surface area contributed by atoms with Crippen LogP contribution in [-0.4, -0.2) is 20.8 Å². The highest BCUT2D eigenvalue weighted by atomic mass is 32.1. The largest absolute Gasteiger partial charge is 0.393 e. The van der Waals surface area contributed by atoms with Gasteiger partial charge in [-0.3, -0.25) is 0 Å². The fraction of sp³-hybridized carbons (Fsp3) is 0.500. The van der Waals surface area contributed by atoms with E-state index in [1.54, 1.807) is 0 Å². The van der Waals surface area contributed by atoms with E-state index in [0.29, 0.717) is 12.0 Å². The second kappa shape index (κ2) is 3.93. The first kappa shape index (κ1) is 10.8. The van der Waals surface area contributed by atoms with E-state index in [1.165, 1.54) is 29.0 Å². The average Bonchev–Trinajstić information content (AvgIpc) is 3.02. The molecule has 18 heavy (non-hydrogen) atoms. The molecule has 0 amide bonds. The van der Waals surface area contributed by atoms with E-state index in [-0.39, 0.29) is 6.10 Å². The van der Waals surface area contributed by atoms with Gasteiger partial charge in [0.25, 0.3) is 0 Å². The maximum absolute atomic E-state index is 10.3. The molecule has 0 saturated heterocycles. The van der Waals surface area contributed by atoms with Gasteiger partial charge in [-0.2, -0.15) is 0 Å². The lowest BCUT2D eigenvalue weighted by Crippen LogP contribution is -2.31. The Morgan fingerprint density at radius 2 is 2.22 bits per heavy atom. The monoisotopic (exact) mass is 260 g/mol. The molecule has 0 radical (unpaired) electrons. The molecule has 4 rings (SSSR count). The van der Waals surface area contributed by atoms with Crippen molar-refractivity contribution in [2.24, 2.45) is 5.92 Å². The number of hydrogen-bond donors (Lipinski definition) is 1. The maximum atomic E-state index is 10.3. The molecule has 1 N–H and O–H groups in total. The van der Waals surface area contributed by atoms with Crippen molar-refractivity contribution >= 4 is 11.3 Å². The van der Waals surface area contributed by atoms with Gasteiger partial charge in [-0.25, -0.2) is 4.98 Å². The first-order valence-electron chi connectivity index (χ1n) is 6.64. The molecule has 3 heterocycles. The SMILES string of the molecule is O[C@H]1CCCCC1[C@H]1c2sccc2-c2cncn21. The molecule has 94 valence electrons. The summed E-state index contributed by atoms with van der Waals surface area (Å²) in [6.45, 7) is 0. The minimum absolute atomic E-state index is 0.160. The Bertz CT molecular complexity index is 534. The summed E-state index contributed by atoms with van der Waals surface area (Å²) in [7, 11) is 0. The number of hydrogen-bond acceptors (Lipinski definition) is 3. The van der Waals surface area contributed by atoms with Crippen LogP contribution in [0.2, 0.25) is 0 Å². The summed E-state index contributed by atoms with van der Waals surface area (Å²) in [5.74, 6) is 0.353. The summed E-state index contributed by atoms with van der Waals surface area (Å²) in [5, 5.41) is 12.5. The average molecular weight is 260 g/mol. The van der Waals surface area contributed by atoms with Crippen molar-refractivity contribution < 1.29 is 5.11 Å². The molecule has 1 saturated carbocycles. The van der Waals surface area contributed by atoms with Crippen LogP contribution in [0.4, 0.5) is 0 Å². The molecule has 3 atom stereocenters. The van der Waals surface area contributed by atoms with E-state index in [1.807, 2.05) is 23.9 Å². The third-order valence-electron chi connectivity index (χ3n) is 4.39. The second-order valence-corrected chi connectivity index (χ2v) is 6.29. The van der Waals surface area contributed by atoms with Crippen LogP contribution in [-0.2, 0) is 0 Å². The summed E-state index contributed by atoms with van der Waals surface area (Å²) in [6.07, 6.45) is 8.19. The molecule has 4 heteroatoms. The number of thiophene rings is 1. The lowest BCUT2D eigenvalue weighted by atomic mass is 9.81. The Kier molecular flexibility index (Phi) is 2.35. The standard InChI is InChI=1S/C14H16N2OS/c17-12-4-2-1-3-10(12)13-14-9(5-6-18-14)11-7-15-8-16(11)13/h5-8,10,12-13,17H,1-4H2/t10?,12-,13-/m0/s1. The van der Waals surface area contributed by atoms with Crippen molar-refractivity contribution in [2.75, 3.05) is 0 Å². The molecule has 2 aromatic rings. The number of rotatable bonds is 1. The first-order valence-corrected chi connectivity index (χ1v) is 7.52. The number of aromatic nitrogens is 2. The fourth-order valence-corrected chi connectivity index (χ4v) is 4.61. The molecule has 0 aromatic carbocycles. The van der Waals surface area contributed by atoms with Gasteiger partial charge in [0.15, 0.2) is 0 Å². The zero-order valence-electron chi connectivity index (χ0n) is 10.1. The Hall–Kier alpha value is -1.13. The number of nitrogens with zero attached hydrogens (tertiary/aromatic N) is 2. The smallest absolute Gasteiger partial charge is 0.0957 e. The Morgan fingerprint density at radius 3 is 3.11 bits per heavy atom. The van der Waals surface area contributed by atoms with Crippen molar-refractivity contribution in [2.45, 2.75) is 37.8 Å². The van der Waals surface area contributed by atoms with Gasteiger partial charge in [0, 0.05) is 16.4 Å². The molecular weight excluding hydrogens is 244 g/mol. The van der Waals surface area contributed by atoms with E-state index in [9.17, 15) is 5.11 Å². The molecule has 0 spiro atoms. The zero-order chi connectivity index (χ0) is 12.1. The molecular formula is C14H16N2OS. The highest BCUT2D eigenvalue weighted by molar-refractivity contribution is 7.10. The van der Waals surface area contributed by atoms with E-state index in [4.69, 9.17) is 0 Å².